The lowest BCUT2D eigenvalue weighted by Gasteiger charge is -2.04. The molecule has 0 spiro atoms. The normalized spacial score (nSPS) is 12.3. The van der Waals surface area contributed by atoms with E-state index in [0.29, 0.717) is 0 Å². The number of rotatable bonds is 1. The Labute approximate surface area is 219 Å². The molecule has 0 atom stereocenters. The van der Waals surface area contributed by atoms with E-state index in [9.17, 15) is 0 Å². The number of fused-ring (bicyclic) bond motifs is 11. The summed E-state index contributed by atoms with van der Waals surface area (Å²) in [6.07, 6.45) is 0. The van der Waals surface area contributed by atoms with Gasteiger partial charge in [-0.05, 0) is 57.9 Å². The zero-order valence-electron chi connectivity index (χ0n) is 19.6. The first-order valence-corrected chi connectivity index (χ1v) is 14.0. The lowest BCUT2D eigenvalue weighted by atomic mass is 10.0. The molecule has 6 aromatic carbocycles. The van der Waals surface area contributed by atoms with Crippen LogP contribution in [0.2, 0.25) is 0 Å². The first kappa shape index (κ1) is 19.9. The molecule has 0 aliphatic heterocycles. The molecule has 0 radical (unpaired) electrons. The molecule has 0 unspecified atom stereocenters. The average Bonchev–Trinajstić information content (AvgIpc) is 3.62. The molecule has 0 N–H and O–H groups in total. The fraction of sp³-hybridized carbons (Fsp3) is 0. The van der Waals surface area contributed by atoms with Crippen molar-refractivity contribution < 1.29 is 0 Å². The summed E-state index contributed by atoms with van der Waals surface area (Å²) in [5.74, 6) is 0. The smallest absolute Gasteiger partial charge is 0.195 e. The summed E-state index contributed by atoms with van der Waals surface area (Å²) in [5, 5.41) is 11.2. The van der Waals surface area contributed by atoms with Crippen LogP contribution in [0.4, 0.5) is 0 Å². The van der Waals surface area contributed by atoms with Gasteiger partial charge < -0.3 is 0 Å². The predicted octanol–water partition coefficient (Wildman–Crippen LogP) is 10.1. The van der Waals surface area contributed by atoms with E-state index in [1.165, 1.54) is 68.2 Å². The van der Waals surface area contributed by atoms with Gasteiger partial charge in [0, 0.05) is 30.9 Å². The van der Waals surface area contributed by atoms with Crippen LogP contribution in [0.5, 0.6) is 0 Å². The van der Waals surface area contributed by atoms with Crippen molar-refractivity contribution in [2.45, 2.75) is 0 Å². The van der Waals surface area contributed by atoms with Gasteiger partial charge in [0.05, 0.1) is 21.3 Å². The van der Waals surface area contributed by atoms with Crippen LogP contribution >= 0.6 is 22.7 Å². The Bertz CT molecular complexity index is 2370. The summed E-state index contributed by atoms with van der Waals surface area (Å²) in [6, 6.07) is 39.7. The van der Waals surface area contributed by atoms with Gasteiger partial charge in [0.1, 0.15) is 0 Å². The fourth-order valence-electron chi connectivity index (χ4n) is 5.96. The molecule has 4 heteroatoms. The highest BCUT2D eigenvalue weighted by Crippen LogP contribution is 2.43. The molecule has 37 heavy (non-hydrogen) atoms. The molecule has 9 rings (SSSR count). The molecule has 9 aromatic rings. The molecule has 3 heterocycles. The molecule has 0 bridgehead atoms. The minimum atomic E-state index is 1.02. The Morgan fingerprint density at radius 3 is 2.11 bits per heavy atom. The molecule has 0 saturated heterocycles. The van der Waals surface area contributed by atoms with E-state index in [2.05, 4.69) is 114 Å². The molecule has 0 amide bonds. The number of aromatic nitrogens is 2. The first-order valence-electron chi connectivity index (χ1n) is 12.4. The van der Waals surface area contributed by atoms with E-state index >= 15 is 0 Å². The van der Waals surface area contributed by atoms with Gasteiger partial charge in [-0.1, -0.05) is 84.1 Å². The summed E-state index contributed by atoms with van der Waals surface area (Å²) >= 11 is 3.63. The van der Waals surface area contributed by atoms with Crippen LogP contribution in [0.15, 0.2) is 109 Å². The van der Waals surface area contributed by atoms with Gasteiger partial charge in [0.15, 0.2) is 5.13 Å². The van der Waals surface area contributed by atoms with Gasteiger partial charge >= 0.3 is 0 Å². The van der Waals surface area contributed by atoms with Crippen molar-refractivity contribution in [1.82, 2.24) is 9.55 Å². The van der Waals surface area contributed by atoms with Crippen molar-refractivity contribution >= 4 is 96.4 Å². The summed E-state index contributed by atoms with van der Waals surface area (Å²) < 4.78 is 6.22. The molecule has 0 saturated carbocycles. The van der Waals surface area contributed by atoms with Crippen molar-refractivity contribution in [3.63, 3.8) is 0 Å². The number of nitrogens with zero attached hydrogens (tertiary/aromatic N) is 2. The molecular formula is C33H18N2S2. The Morgan fingerprint density at radius 2 is 1.22 bits per heavy atom. The van der Waals surface area contributed by atoms with E-state index < -0.39 is 0 Å². The zero-order valence-corrected chi connectivity index (χ0v) is 21.2. The maximum atomic E-state index is 5.35. The number of hydrogen-bond donors (Lipinski definition) is 0. The molecule has 0 aliphatic rings. The molecular weight excluding hydrogens is 489 g/mol. The van der Waals surface area contributed by atoms with E-state index in [-0.39, 0.29) is 0 Å². The van der Waals surface area contributed by atoms with Crippen LogP contribution in [0.1, 0.15) is 0 Å². The standard InChI is InChI=1S/C33H18N2S2/c1-2-9-21-18-26-24(17-20(21)8-1)30-22-10-4-3-7-19(22)13-14-25(30)35(26)33-34-32-29(37-33)16-15-28-31(32)23-11-5-6-12-27(23)36-28/h1-18H. The average molecular weight is 507 g/mol. The quantitative estimate of drug-likeness (QED) is 0.217. The highest BCUT2D eigenvalue weighted by molar-refractivity contribution is 7.26. The van der Waals surface area contributed by atoms with E-state index in [4.69, 9.17) is 4.98 Å². The third-order valence-electron chi connectivity index (χ3n) is 7.60. The molecule has 172 valence electrons. The van der Waals surface area contributed by atoms with Crippen LogP contribution in [-0.2, 0) is 0 Å². The topological polar surface area (TPSA) is 17.8 Å². The number of hydrogen-bond acceptors (Lipinski definition) is 3. The van der Waals surface area contributed by atoms with Crippen LogP contribution < -0.4 is 0 Å². The predicted molar refractivity (Wildman–Crippen MR) is 162 cm³/mol. The van der Waals surface area contributed by atoms with Gasteiger partial charge in [-0.2, -0.15) is 0 Å². The lowest BCUT2D eigenvalue weighted by Crippen LogP contribution is -1.92. The van der Waals surface area contributed by atoms with Crippen LogP contribution in [0.3, 0.4) is 0 Å². The van der Waals surface area contributed by atoms with Crippen molar-refractivity contribution in [1.29, 1.82) is 0 Å². The van der Waals surface area contributed by atoms with Crippen LogP contribution in [0.25, 0.3) is 78.9 Å². The maximum absolute atomic E-state index is 5.35. The number of thiazole rings is 1. The van der Waals surface area contributed by atoms with Gasteiger partial charge in [0.25, 0.3) is 0 Å². The summed E-state index contributed by atoms with van der Waals surface area (Å²) in [5.41, 5.74) is 3.51. The minimum Gasteiger partial charge on any atom is -0.285 e. The highest BCUT2D eigenvalue weighted by atomic mass is 32.1. The van der Waals surface area contributed by atoms with Crippen LogP contribution in [-0.4, -0.2) is 9.55 Å². The zero-order chi connectivity index (χ0) is 24.1. The van der Waals surface area contributed by atoms with E-state index in [0.717, 1.165) is 10.6 Å². The Hall–Kier alpha value is -4.25. The third-order valence-corrected chi connectivity index (χ3v) is 9.74. The SMILES string of the molecule is c1ccc2cc3c(cc2c1)c1c2ccccc2ccc1n3-c1nc2c(ccc3sc4ccccc4c32)s1. The molecule has 0 fully saturated rings. The molecule has 2 nitrogen and oxygen atoms in total. The van der Waals surface area contributed by atoms with Gasteiger partial charge in [-0.3, -0.25) is 4.57 Å². The van der Waals surface area contributed by atoms with Crippen molar-refractivity contribution in [3.05, 3.63) is 109 Å². The highest BCUT2D eigenvalue weighted by Gasteiger charge is 2.19. The fourth-order valence-corrected chi connectivity index (χ4v) is 8.07. The third kappa shape index (κ3) is 2.66. The number of thiophene rings is 1. The summed E-state index contributed by atoms with van der Waals surface area (Å²) in [4.78, 5) is 5.35. The Kier molecular flexibility index (Phi) is 3.85. The van der Waals surface area contributed by atoms with Crippen molar-refractivity contribution in [2.24, 2.45) is 0 Å². The van der Waals surface area contributed by atoms with Crippen molar-refractivity contribution in [3.8, 4) is 5.13 Å². The summed E-state index contributed by atoms with van der Waals surface area (Å²) in [7, 11) is 0. The lowest BCUT2D eigenvalue weighted by molar-refractivity contribution is 1.15. The van der Waals surface area contributed by atoms with E-state index in [1.54, 1.807) is 11.3 Å². The van der Waals surface area contributed by atoms with Gasteiger partial charge in [-0.25, -0.2) is 4.98 Å². The first-order chi connectivity index (χ1) is 18.3. The van der Waals surface area contributed by atoms with Crippen LogP contribution in [0, 0.1) is 0 Å². The van der Waals surface area contributed by atoms with Gasteiger partial charge in [-0.15, -0.1) is 11.3 Å². The van der Waals surface area contributed by atoms with E-state index in [1.807, 2.05) is 11.3 Å². The Balaban J connectivity index is 1.46. The number of benzene rings is 6. The largest absolute Gasteiger partial charge is 0.285 e. The van der Waals surface area contributed by atoms with Crippen molar-refractivity contribution in [2.75, 3.05) is 0 Å². The second kappa shape index (κ2) is 7.16. The minimum absolute atomic E-state index is 1.02. The Morgan fingerprint density at radius 1 is 0.486 bits per heavy atom. The monoisotopic (exact) mass is 506 g/mol. The van der Waals surface area contributed by atoms with Gasteiger partial charge in [0.2, 0.25) is 0 Å². The second-order valence-corrected chi connectivity index (χ2v) is 11.7. The second-order valence-electron chi connectivity index (χ2n) is 9.61. The maximum Gasteiger partial charge on any atom is 0.195 e. The molecule has 3 aromatic heterocycles. The molecule has 0 aliphatic carbocycles. The summed E-state index contributed by atoms with van der Waals surface area (Å²) in [6.45, 7) is 0.